The third-order valence-electron chi connectivity index (χ3n) is 2.35. The van der Waals surface area contributed by atoms with E-state index in [1.165, 1.54) is 6.07 Å². The third-order valence-corrected chi connectivity index (χ3v) is 2.66. The second kappa shape index (κ2) is 5.50. The van der Waals surface area contributed by atoms with Crippen LogP contribution in [0.4, 0.5) is 8.78 Å². The summed E-state index contributed by atoms with van der Waals surface area (Å²) >= 11 is 0. The number of aryl methyl sites for hydroxylation is 1. The summed E-state index contributed by atoms with van der Waals surface area (Å²) in [6.07, 6.45) is 1.55. The third kappa shape index (κ3) is 2.98. The van der Waals surface area contributed by atoms with E-state index in [1.54, 1.807) is 27.6 Å². The van der Waals surface area contributed by atoms with Crippen LogP contribution in [0.3, 0.4) is 0 Å². The molecule has 2 rings (SSSR count). The molecular formula is C13H16F2NP. The van der Waals surface area contributed by atoms with E-state index in [1.807, 2.05) is 26.8 Å². The minimum atomic E-state index is -2.93. The largest absolute Gasteiger partial charge is 0.285 e. The first kappa shape index (κ1) is 14.0. The number of para-hydroxylation sites is 1. The fraction of sp³-hybridized carbons (Fsp3) is 0.308. The molecule has 2 aromatic rings. The SMILES string of the molecule is CC.Cc1ccnc2c(C(F)(F)P)cccc12. The van der Waals surface area contributed by atoms with E-state index in [-0.39, 0.29) is 5.56 Å². The molecule has 1 nitrogen and oxygen atoms in total. The standard InChI is InChI=1S/C11H10F2NP.C2H6/c1-7-5-6-14-10-8(7)3-2-4-9(10)11(12,13)15;1-2/h2-6H,15H2,1H3;1-2H3. The number of hydrogen-bond donors (Lipinski definition) is 0. The quantitative estimate of drug-likeness (QED) is 0.684. The normalized spacial score (nSPS) is 10.9. The second-order valence-electron chi connectivity index (χ2n) is 3.45. The van der Waals surface area contributed by atoms with Crippen LogP contribution in [0.1, 0.15) is 25.0 Å². The molecule has 0 spiro atoms. The fourth-order valence-corrected chi connectivity index (χ4v) is 1.82. The topological polar surface area (TPSA) is 12.9 Å². The lowest BCUT2D eigenvalue weighted by atomic mass is 10.1. The molecule has 1 aromatic carbocycles. The van der Waals surface area contributed by atoms with E-state index in [4.69, 9.17) is 0 Å². The number of pyridine rings is 1. The van der Waals surface area contributed by atoms with Crippen molar-refractivity contribution >= 4 is 20.1 Å². The van der Waals surface area contributed by atoms with Crippen LogP contribution in [0.15, 0.2) is 30.5 Å². The van der Waals surface area contributed by atoms with Crippen molar-refractivity contribution in [2.45, 2.75) is 26.4 Å². The van der Waals surface area contributed by atoms with Crippen molar-refractivity contribution in [1.82, 2.24) is 4.98 Å². The maximum atomic E-state index is 13.2. The average Bonchev–Trinajstić information content (AvgIpc) is 2.30. The first-order chi connectivity index (χ1) is 8.00. The summed E-state index contributed by atoms with van der Waals surface area (Å²) in [4.78, 5) is 4.02. The zero-order chi connectivity index (χ0) is 13.1. The Morgan fingerprint density at radius 3 is 2.41 bits per heavy atom. The van der Waals surface area contributed by atoms with E-state index in [9.17, 15) is 8.78 Å². The van der Waals surface area contributed by atoms with Gasteiger partial charge in [-0.2, -0.15) is 8.78 Å². The van der Waals surface area contributed by atoms with Crippen molar-refractivity contribution < 1.29 is 8.78 Å². The van der Waals surface area contributed by atoms with Crippen molar-refractivity contribution in [3.05, 3.63) is 41.6 Å². The van der Waals surface area contributed by atoms with Gasteiger partial charge in [0.2, 0.25) is 0 Å². The maximum absolute atomic E-state index is 13.2. The molecule has 0 fully saturated rings. The summed E-state index contributed by atoms with van der Waals surface area (Å²) < 4.78 is 26.5. The molecule has 1 aromatic heterocycles. The van der Waals surface area contributed by atoms with Crippen LogP contribution < -0.4 is 0 Å². The molecular weight excluding hydrogens is 239 g/mol. The van der Waals surface area contributed by atoms with Gasteiger partial charge in [0.1, 0.15) is 0 Å². The van der Waals surface area contributed by atoms with Gasteiger partial charge in [-0.15, -0.1) is 0 Å². The molecule has 0 saturated heterocycles. The molecule has 0 amide bonds. The molecule has 0 saturated carbocycles. The molecule has 0 aliphatic heterocycles. The number of fused-ring (bicyclic) bond motifs is 1. The minimum Gasteiger partial charge on any atom is -0.256 e. The van der Waals surface area contributed by atoms with Crippen LogP contribution in [-0.4, -0.2) is 4.98 Å². The van der Waals surface area contributed by atoms with Gasteiger partial charge >= 0.3 is 0 Å². The summed E-state index contributed by atoms with van der Waals surface area (Å²) in [6, 6.07) is 6.65. The molecule has 17 heavy (non-hydrogen) atoms. The van der Waals surface area contributed by atoms with Gasteiger partial charge in [0, 0.05) is 11.6 Å². The van der Waals surface area contributed by atoms with Crippen LogP contribution in [-0.2, 0) is 5.66 Å². The van der Waals surface area contributed by atoms with E-state index in [2.05, 4.69) is 4.98 Å². The highest BCUT2D eigenvalue weighted by molar-refractivity contribution is 7.17. The monoisotopic (exact) mass is 255 g/mol. The number of alkyl halides is 2. The molecule has 0 N–H and O–H groups in total. The van der Waals surface area contributed by atoms with Crippen LogP contribution in [0.25, 0.3) is 10.9 Å². The Balaban J connectivity index is 0.000000686. The molecule has 0 aliphatic carbocycles. The van der Waals surface area contributed by atoms with Crippen molar-refractivity contribution in [1.29, 1.82) is 0 Å². The molecule has 0 bridgehead atoms. The lowest BCUT2D eigenvalue weighted by Gasteiger charge is -2.13. The highest BCUT2D eigenvalue weighted by atomic mass is 31.0. The van der Waals surface area contributed by atoms with Crippen LogP contribution in [0, 0.1) is 6.92 Å². The lowest BCUT2D eigenvalue weighted by molar-refractivity contribution is 0.105. The van der Waals surface area contributed by atoms with Gasteiger partial charge in [0.05, 0.1) is 11.1 Å². The maximum Gasteiger partial charge on any atom is 0.285 e. The first-order valence-corrected chi connectivity index (χ1v) is 6.09. The second-order valence-corrected chi connectivity index (χ2v) is 4.18. The first-order valence-electron chi connectivity index (χ1n) is 5.51. The molecule has 4 heteroatoms. The molecule has 0 radical (unpaired) electrons. The van der Waals surface area contributed by atoms with Gasteiger partial charge in [0.15, 0.2) is 0 Å². The lowest BCUT2D eigenvalue weighted by Crippen LogP contribution is -2.04. The van der Waals surface area contributed by atoms with Gasteiger partial charge in [-0.1, -0.05) is 41.3 Å². The highest BCUT2D eigenvalue weighted by Crippen LogP contribution is 2.38. The zero-order valence-electron chi connectivity index (χ0n) is 10.2. The fourth-order valence-electron chi connectivity index (χ4n) is 1.58. The van der Waals surface area contributed by atoms with Crippen molar-refractivity contribution in [3.8, 4) is 0 Å². The Morgan fingerprint density at radius 1 is 1.18 bits per heavy atom. The Hall–Kier alpha value is -1.08. The Kier molecular flexibility index (Phi) is 4.53. The van der Waals surface area contributed by atoms with Gasteiger partial charge in [-0.25, -0.2) is 0 Å². The number of halogens is 2. The molecule has 1 heterocycles. The van der Waals surface area contributed by atoms with E-state index in [0.717, 1.165) is 10.9 Å². The minimum absolute atomic E-state index is 0.0475. The van der Waals surface area contributed by atoms with Crippen LogP contribution in [0.2, 0.25) is 0 Å². The molecule has 92 valence electrons. The summed E-state index contributed by atoms with van der Waals surface area (Å²) in [5.74, 6) is 0. The summed E-state index contributed by atoms with van der Waals surface area (Å²) in [7, 11) is 1.55. The summed E-state index contributed by atoms with van der Waals surface area (Å²) in [6.45, 7) is 5.88. The van der Waals surface area contributed by atoms with Gasteiger partial charge in [-0.3, -0.25) is 4.98 Å². The Labute approximate surface area is 102 Å². The molecule has 1 unspecified atom stereocenters. The Morgan fingerprint density at radius 2 is 1.82 bits per heavy atom. The van der Waals surface area contributed by atoms with Gasteiger partial charge < -0.3 is 0 Å². The molecule has 0 aliphatic rings. The predicted octanol–water partition coefficient (Wildman–Crippen LogP) is 4.49. The smallest absolute Gasteiger partial charge is 0.256 e. The van der Waals surface area contributed by atoms with Crippen LogP contribution in [0.5, 0.6) is 0 Å². The van der Waals surface area contributed by atoms with Gasteiger partial charge in [-0.05, 0) is 18.6 Å². The van der Waals surface area contributed by atoms with Crippen molar-refractivity contribution in [3.63, 3.8) is 0 Å². The van der Waals surface area contributed by atoms with E-state index < -0.39 is 5.66 Å². The summed E-state index contributed by atoms with van der Waals surface area (Å²) in [5, 5.41) is 0.775. The molecule has 1 atom stereocenters. The van der Waals surface area contributed by atoms with E-state index in [0.29, 0.717) is 5.52 Å². The highest BCUT2D eigenvalue weighted by Gasteiger charge is 2.27. The number of hydrogen-bond acceptors (Lipinski definition) is 1. The van der Waals surface area contributed by atoms with Crippen molar-refractivity contribution in [2.24, 2.45) is 0 Å². The van der Waals surface area contributed by atoms with Crippen LogP contribution >= 0.6 is 9.24 Å². The van der Waals surface area contributed by atoms with Gasteiger partial charge in [0.25, 0.3) is 5.66 Å². The number of aromatic nitrogens is 1. The van der Waals surface area contributed by atoms with Crippen molar-refractivity contribution in [2.75, 3.05) is 0 Å². The number of rotatable bonds is 1. The number of nitrogens with zero attached hydrogens (tertiary/aromatic N) is 1. The number of benzene rings is 1. The summed E-state index contributed by atoms with van der Waals surface area (Å²) in [5.41, 5.74) is -1.65. The zero-order valence-corrected chi connectivity index (χ0v) is 11.3. The van der Waals surface area contributed by atoms with E-state index >= 15 is 0 Å². The predicted molar refractivity (Wildman–Crippen MR) is 71.4 cm³/mol. The Bertz CT molecular complexity index is 506. The average molecular weight is 255 g/mol.